The highest BCUT2D eigenvalue weighted by atomic mass is 32.2. The molecule has 0 aliphatic carbocycles. The second kappa shape index (κ2) is 6.88. The van der Waals surface area contributed by atoms with Crippen LogP contribution in [0.4, 0.5) is 18.0 Å². The number of halogens is 3. The lowest BCUT2D eigenvalue weighted by atomic mass is 10.2. The molecule has 2 N–H and O–H groups in total. The number of nitrogens with one attached hydrogen (secondary N) is 1. The standard InChI is InChI=1S/C10H16F3NO4S/c1-9(2,3)18-8(17)14-4-6(10(11,12)13)19-5-7(15)16/h6H,4-5H2,1-3H3,(H,14,17)(H,15,16). The Labute approximate surface area is 112 Å². The van der Waals surface area contributed by atoms with E-state index in [2.05, 4.69) is 0 Å². The Morgan fingerprint density at radius 3 is 2.21 bits per heavy atom. The molecule has 0 rings (SSSR count). The van der Waals surface area contributed by atoms with Crippen molar-refractivity contribution in [1.82, 2.24) is 5.32 Å². The number of ether oxygens (including phenoxy) is 1. The maximum Gasteiger partial charge on any atom is 0.407 e. The smallest absolute Gasteiger partial charge is 0.407 e. The van der Waals surface area contributed by atoms with Crippen LogP contribution in [0.25, 0.3) is 0 Å². The molecule has 5 nitrogen and oxygen atoms in total. The van der Waals surface area contributed by atoms with Crippen molar-refractivity contribution in [3.63, 3.8) is 0 Å². The predicted octanol–water partition coefficient (Wildman–Crippen LogP) is 2.26. The van der Waals surface area contributed by atoms with Crippen molar-refractivity contribution >= 4 is 23.8 Å². The molecule has 1 amide bonds. The summed E-state index contributed by atoms with van der Waals surface area (Å²) in [6.07, 6.45) is -5.58. The minimum absolute atomic E-state index is 0.202. The van der Waals surface area contributed by atoms with Crippen molar-refractivity contribution in [2.75, 3.05) is 12.3 Å². The Kier molecular flexibility index (Phi) is 6.47. The average Bonchev–Trinajstić information content (AvgIpc) is 2.11. The summed E-state index contributed by atoms with van der Waals surface area (Å²) in [6.45, 7) is 3.99. The molecule has 1 unspecified atom stereocenters. The number of carbonyl (C=O) groups is 2. The van der Waals surface area contributed by atoms with Gasteiger partial charge in [0.1, 0.15) is 10.9 Å². The lowest BCUT2D eigenvalue weighted by molar-refractivity contribution is -0.134. The first-order chi connectivity index (χ1) is 8.42. The second-order valence-corrected chi connectivity index (χ2v) is 5.81. The molecule has 112 valence electrons. The van der Waals surface area contributed by atoms with Crippen LogP contribution in [0.5, 0.6) is 0 Å². The zero-order valence-electron chi connectivity index (χ0n) is 10.7. The minimum atomic E-state index is -4.60. The van der Waals surface area contributed by atoms with E-state index in [0.717, 1.165) is 0 Å². The lowest BCUT2D eigenvalue weighted by Crippen LogP contribution is -2.41. The number of hydrogen-bond donors (Lipinski definition) is 2. The van der Waals surface area contributed by atoms with Crippen LogP contribution < -0.4 is 5.32 Å². The molecule has 0 aliphatic heterocycles. The van der Waals surface area contributed by atoms with E-state index in [0.29, 0.717) is 0 Å². The van der Waals surface area contributed by atoms with Crippen LogP contribution in [0.1, 0.15) is 20.8 Å². The van der Waals surface area contributed by atoms with Gasteiger partial charge in [-0.2, -0.15) is 13.2 Å². The molecule has 0 aliphatic rings. The SMILES string of the molecule is CC(C)(C)OC(=O)NCC(SCC(=O)O)C(F)(F)F. The van der Waals surface area contributed by atoms with Crippen LogP contribution in [-0.4, -0.2) is 46.5 Å². The van der Waals surface area contributed by atoms with Crippen LogP contribution in [0.2, 0.25) is 0 Å². The fourth-order valence-corrected chi connectivity index (χ4v) is 1.67. The summed E-state index contributed by atoms with van der Waals surface area (Å²) < 4.78 is 42.4. The summed E-state index contributed by atoms with van der Waals surface area (Å²) in [4.78, 5) is 21.5. The van der Waals surface area contributed by atoms with Crippen molar-refractivity contribution in [3.8, 4) is 0 Å². The number of carbonyl (C=O) groups excluding carboxylic acids is 1. The molecule has 0 aromatic heterocycles. The maximum atomic E-state index is 12.6. The summed E-state index contributed by atoms with van der Waals surface area (Å²) in [5.41, 5.74) is -0.813. The predicted molar refractivity (Wildman–Crippen MR) is 64.2 cm³/mol. The Balaban J connectivity index is 4.35. The maximum absolute atomic E-state index is 12.6. The molecule has 19 heavy (non-hydrogen) atoms. The van der Waals surface area contributed by atoms with E-state index in [4.69, 9.17) is 9.84 Å². The topological polar surface area (TPSA) is 75.6 Å². The van der Waals surface area contributed by atoms with Crippen LogP contribution >= 0.6 is 11.8 Å². The molecule has 0 spiro atoms. The van der Waals surface area contributed by atoms with Gasteiger partial charge in [-0.25, -0.2) is 4.79 Å². The molecule has 0 saturated carbocycles. The first-order valence-electron chi connectivity index (χ1n) is 5.29. The van der Waals surface area contributed by atoms with Gasteiger partial charge in [0, 0.05) is 6.54 Å². The molecule has 9 heteroatoms. The molecule has 0 fully saturated rings. The summed E-state index contributed by atoms with van der Waals surface area (Å²) in [5, 5.41) is 8.34. The Morgan fingerprint density at radius 2 is 1.84 bits per heavy atom. The van der Waals surface area contributed by atoms with Gasteiger partial charge in [0.2, 0.25) is 0 Å². The van der Waals surface area contributed by atoms with Gasteiger partial charge in [0.25, 0.3) is 0 Å². The Bertz CT molecular complexity index is 328. The summed E-state index contributed by atoms with van der Waals surface area (Å²) in [7, 11) is 0. The van der Waals surface area contributed by atoms with E-state index < -0.39 is 41.4 Å². The zero-order chi connectivity index (χ0) is 15.3. The van der Waals surface area contributed by atoms with E-state index >= 15 is 0 Å². The van der Waals surface area contributed by atoms with Crippen LogP contribution in [-0.2, 0) is 9.53 Å². The molecule has 0 heterocycles. The molecular formula is C10H16F3NO4S. The van der Waals surface area contributed by atoms with E-state index in [-0.39, 0.29) is 11.8 Å². The highest BCUT2D eigenvalue weighted by molar-refractivity contribution is 8.00. The number of aliphatic carboxylic acids is 1. The van der Waals surface area contributed by atoms with Gasteiger partial charge in [0.05, 0.1) is 5.75 Å². The number of amides is 1. The van der Waals surface area contributed by atoms with E-state index in [9.17, 15) is 22.8 Å². The van der Waals surface area contributed by atoms with Gasteiger partial charge >= 0.3 is 18.2 Å². The number of thioether (sulfide) groups is 1. The normalized spacial score (nSPS) is 13.8. The molecule has 0 aromatic carbocycles. The number of rotatable bonds is 5. The number of carboxylic acid groups (broad SMARTS) is 1. The molecule has 0 aromatic rings. The Morgan fingerprint density at radius 1 is 1.32 bits per heavy atom. The van der Waals surface area contributed by atoms with Gasteiger partial charge < -0.3 is 15.2 Å². The third-order valence-electron chi connectivity index (χ3n) is 1.60. The first kappa shape index (κ1) is 17.9. The first-order valence-corrected chi connectivity index (χ1v) is 6.33. The van der Waals surface area contributed by atoms with Gasteiger partial charge in [-0.15, -0.1) is 11.8 Å². The molecule has 1 atom stereocenters. The summed E-state index contributed by atoms with van der Waals surface area (Å²) in [5.74, 6) is -2.04. The third kappa shape index (κ3) is 9.46. The highest BCUT2D eigenvalue weighted by Gasteiger charge is 2.40. The largest absolute Gasteiger partial charge is 0.481 e. The number of alkyl halides is 3. The monoisotopic (exact) mass is 303 g/mol. The lowest BCUT2D eigenvalue weighted by Gasteiger charge is -2.22. The van der Waals surface area contributed by atoms with Crippen molar-refractivity contribution in [3.05, 3.63) is 0 Å². The summed E-state index contributed by atoms with van der Waals surface area (Å²) >= 11 is 0.202. The van der Waals surface area contributed by atoms with Crippen LogP contribution in [0.15, 0.2) is 0 Å². The third-order valence-corrected chi connectivity index (χ3v) is 2.85. The van der Waals surface area contributed by atoms with E-state index in [1.165, 1.54) is 0 Å². The highest BCUT2D eigenvalue weighted by Crippen LogP contribution is 2.29. The second-order valence-electron chi connectivity index (χ2n) is 4.62. The van der Waals surface area contributed by atoms with Crippen molar-refractivity contribution < 1.29 is 32.6 Å². The van der Waals surface area contributed by atoms with Crippen molar-refractivity contribution in [2.45, 2.75) is 37.8 Å². The van der Waals surface area contributed by atoms with E-state index in [1.807, 2.05) is 5.32 Å². The van der Waals surface area contributed by atoms with Gasteiger partial charge in [-0.05, 0) is 20.8 Å². The molecule has 0 bridgehead atoms. The quantitative estimate of drug-likeness (QED) is 0.815. The number of hydrogen-bond acceptors (Lipinski definition) is 4. The number of alkyl carbamates (subject to hydrolysis) is 1. The van der Waals surface area contributed by atoms with E-state index in [1.54, 1.807) is 20.8 Å². The van der Waals surface area contributed by atoms with Gasteiger partial charge in [-0.3, -0.25) is 4.79 Å². The van der Waals surface area contributed by atoms with Crippen LogP contribution in [0, 0.1) is 0 Å². The average molecular weight is 303 g/mol. The Hall–Kier alpha value is -1.12. The fraction of sp³-hybridized carbons (Fsp3) is 0.800. The van der Waals surface area contributed by atoms with Gasteiger partial charge in [0.15, 0.2) is 0 Å². The number of carboxylic acids is 1. The van der Waals surface area contributed by atoms with Crippen molar-refractivity contribution in [2.24, 2.45) is 0 Å². The minimum Gasteiger partial charge on any atom is -0.481 e. The molecule has 0 radical (unpaired) electrons. The van der Waals surface area contributed by atoms with Gasteiger partial charge in [-0.1, -0.05) is 0 Å². The summed E-state index contributed by atoms with van der Waals surface area (Å²) in [6, 6.07) is 0. The zero-order valence-corrected chi connectivity index (χ0v) is 11.5. The van der Waals surface area contributed by atoms with Crippen LogP contribution in [0.3, 0.4) is 0 Å². The van der Waals surface area contributed by atoms with Crippen molar-refractivity contribution in [1.29, 1.82) is 0 Å². The molecular weight excluding hydrogens is 287 g/mol. The fourth-order valence-electron chi connectivity index (χ4n) is 0.931. The molecule has 0 saturated heterocycles.